The normalized spacial score (nSPS) is 11.3. The number of ether oxygens (including phenoxy) is 1. The standard InChI is InChI=1S/C30H42N4O4/c1-22(2)26-13-7-14-27(23(3)4)29(26)31-30(36)33(16-10-17-37-6)21-28(35)34(20-25-12-9-18-38-25)19-24-11-8-15-32(24)5/h7-9,11-15,18,22-23H,10,16-17,19-21H2,1-6H3,(H,31,36). The number of aryl methyl sites for hydroxylation is 1. The Balaban J connectivity index is 1.85. The number of furan rings is 1. The minimum Gasteiger partial charge on any atom is -0.467 e. The zero-order valence-corrected chi connectivity index (χ0v) is 23.6. The molecule has 0 saturated carbocycles. The minimum atomic E-state index is -0.290. The van der Waals surface area contributed by atoms with Gasteiger partial charge >= 0.3 is 6.03 Å². The molecule has 0 spiro atoms. The molecule has 8 nitrogen and oxygen atoms in total. The van der Waals surface area contributed by atoms with Gasteiger partial charge in [0.25, 0.3) is 0 Å². The topological polar surface area (TPSA) is 80.0 Å². The number of hydrogen-bond donors (Lipinski definition) is 1. The van der Waals surface area contributed by atoms with Crippen LogP contribution in [0.1, 0.15) is 68.5 Å². The van der Waals surface area contributed by atoms with Crippen molar-refractivity contribution < 1.29 is 18.7 Å². The molecule has 0 aliphatic rings. The monoisotopic (exact) mass is 522 g/mol. The molecule has 1 aromatic carbocycles. The van der Waals surface area contributed by atoms with Crippen LogP contribution in [-0.2, 0) is 29.7 Å². The predicted molar refractivity (Wildman–Crippen MR) is 150 cm³/mol. The van der Waals surface area contributed by atoms with Crippen LogP contribution in [0.25, 0.3) is 0 Å². The maximum Gasteiger partial charge on any atom is 0.322 e. The lowest BCUT2D eigenvalue weighted by molar-refractivity contribution is -0.133. The first kappa shape index (κ1) is 29.0. The van der Waals surface area contributed by atoms with Crippen molar-refractivity contribution >= 4 is 17.6 Å². The molecule has 8 heteroatoms. The largest absolute Gasteiger partial charge is 0.467 e. The molecule has 0 atom stereocenters. The third-order valence-corrected chi connectivity index (χ3v) is 6.68. The van der Waals surface area contributed by atoms with Gasteiger partial charge in [0.05, 0.1) is 19.4 Å². The Bertz CT molecular complexity index is 1140. The summed E-state index contributed by atoms with van der Waals surface area (Å²) in [5, 5.41) is 3.17. The zero-order valence-electron chi connectivity index (χ0n) is 23.6. The highest BCUT2D eigenvalue weighted by Gasteiger charge is 2.25. The van der Waals surface area contributed by atoms with Crippen LogP contribution in [0.2, 0.25) is 0 Å². The Morgan fingerprint density at radius 3 is 2.24 bits per heavy atom. The molecule has 206 valence electrons. The molecule has 2 aromatic heterocycles. The number of urea groups is 1. The molecule has 3 aromatic rings. The van der Waals surface area contributed by atoms with Gasteiger partial charge < -0.3 is 28.8 Å². The van der Waals surface area contributed by atoms with Gasteiger partial charge in [0, 0.05) is 44.9 Å². The first-order valence-corrected chi connectivity index (χ1v) is 13.3. The molecular formula is C30H42N4O4. The smallest absolute Gasteiger partial charge is 0.322 e. The summed E-state index contributed by atoms with van der Waals surface area (Å²) in [7, 11) is 3.59. The van der Waals surface area contributed by atoms with E-state index in [0.717, 1.165) is 22.5 Å². The third kappa shape index (κ3) is 7.74. The lowest BCUT2D eigenvalue weighted by Crippen LogP contribution is -2.45. The molecule has 0 aliphatic carbocycles. The maximum absolute atomic E-state index is 13.7. The number of amides is 3. The van der Waals surface area contributed by atoms with Gasteiger partial charge in [0.1, 0.15) is 12.3 Å². The van der Waals surface area contributed by atoms with Crippen molar-refractivity contribution in [2.75, 3.05) is 32.1 Å². The third-order valence-electron chi connectivity index (χ3n) is 6.68. The number of methoxy groups -OCH3 is 1. The van der Waals surface area contributed by atoms with Gasteiger partial charge in [0.15, 0.2) is 0 Å². The Morgan fingerprint density at radius 2 is 1.68 bits per heavy atom. The second kappa shape index (κ2) is 13.9. The van der Waals surface area contributed by atoms with Crippen molar-refractivity contribution in [2.24, 2.45) is 7.05 Å². The average molecular weight is 523 g/mol. The second-order valence-electron chi connectivity index (χ2n) is 10.3. The molecular weight excluding hydrogens is 480 g/mol. The van der Waals surface area contributed by atoms with E-state index in [2.05, 4.69) is 45.1 Å². The molecule has 3 amide bonds. The van der Waals surface area contributed by atoms with Gasteiger partial charge in [-0.3, -0.25) is 4.79 Å². The quantitative estimate of drug-likeness (QED) is 0.281. The Kier molecular flexibility index (Phi) is 10.6. The van der Waals surface area contributed by atoms with Crippen molar-refractivity contribution in [3.05, 3.63) is 77.5 Å². The number of carbonyl (C=O) groups is 2. The summed E-state index contributed by atoms with van der Waals surface area (Å²) in [5.74, 6) is 1.01. The van der Waals surface area contributed by atoms with Crippen molar-refractivity contribution in [1.29, 1.82) is 0 Å². The number of benzene rings is 1. The second-order valence-corrected chi connectivity index (χ2v) is 10.3. The molecule has 3 rings (SSSR count). The first-order valence-electron chi connectivity index (χ1n) is 13.3. The number of hydrogen-bond acceptors (Lipinski definition) is 4. The number of rotatable bonds is 13. The van der Waals surface area contributed by atoms with E-state index >= 15 is 0 Å². The van der Waals surface area contributed by atoms with Crippen LogP contribution in [0.3, 0.4) is 0 Å². The lowest BCUT2D eigenvalue weighted by Gasteiger charge is -2.29. The molecule has 0 bridgehead atoms. The lowest BCUT2D eigenvalue weighted by atomic mass is 9.93. The van der Waals surface area contributed by atoms with E-state index in [1.54, 1.807) is 23.2 Å². The van der Waals surface area contributed by atoms with Gasteiger partial charge in [0.2, 0.25) is 5.91 Å². The Hall–Kier alpha value is -3.52. The van der Waals surface area contributed by atoms with Gasteiger partial charge in [-0.2, -0.15) is 0 Å². The van der Waals surface area contributed by atoms with E-state index in [0.29, 0.717) is 38.4 Å². The summed E-state index contributed by atoms with van der Waals surface area (Å²) in [4.78, 5) is 30.7. The van der Waals surface area contributed by atoms with E-state index in [4.69, 9.17) is 9.15 Å². The molecule has 0 unspecified atom stereocenters. The van der Waals surface area contributed by atoms with Crippen LogP contribution < -0.4 is 5.32 Å². The van der Waals surface area contributed by atoms with Crippen LogP contribution in [0.5, 0.6) is 0 Å². The fourth-order valence-corrected chi connectivity index (χ4v) is 4.48. The fraction of sp³-hybridized carbons (Fsp3) is 0.467. The molecule has 38 heavy (non-hydrogen) atoms. The van der Waals surface area contributed by atoms with Crippen molar-refractivity contribution in [1.82, 2.24) is 14.4 Å². The van der Waals surface area contributed by atoms with Gasteiger partial charge in [-0.05, 0) is 53.6 Å². The first-order chi connectivity index (χ1) is 18.2. The highest BCUT2D eigenvalue weighted by Crippen LogP contribution is 2.32. The highest BCUT2D eigenvalue weighted by atomic mass is 16.5. The molecule has 0 saturated heterocycles. The fourth-order valence-electron chi connectivity index (χ4n) is 4.48. The number of nitrogens with zero attached hydrogens (tertiary/aromatic N) is 3. The predicted octanol–water partition coefficient (Wildman–Crippen LogP) is 5.96. The Morgan fingerprint density at radius 1 is 0.974 bits per heavy atom. The summed E-state index contributed by atoms with van der Waals surface area (Å²) in [6.07, 6.45) is 4.17. The molecule has 0 aliphatic heterocycles. The Labute approximate surface area is 226 Å². The van der Waals surface area contributed by atoms with E-state index in [1.165, 1.54) is 0 Å². The van der Waals surface area contributed by atoms with E-state index in [-0.39, 0.29) is 30.3 Å². The van der Waals surface area contributed by atoms with Gasteiger partial charge in [-0.15, -0.1) is 0 Å². The van der Waals surface area contributed by atoms with Crippen LogP contribution in [-0.4, -0.2) is 53.1 Å². The van der Waals surface area contributed by atoms with Crippen LogP contribution in [0.4, 0.5) is 10.5 Å². The summed E-state index contributed by atoms with van der Waals surface area (Å²) in [6.45, 7) is 10.0. The van der Waals surface area contributed by atoms with E-state index < -0.39 is 0 Å². The van der Waals surface area contributed by atoms with Crippen molar-refractivity contribution in [2.45, 2.75) is 59.0 Å². The molecule has 2 heterocycles. The van der Waals surface area contributed by atoms with Crippen molar-refractivity contribution in [3.63, 3.8) is 0 Å². The minimum absolute atomic E-state index is 0.0540. The maximum atomic E-state index is 13.7. The van der Waals surface area contributed by atoms with Gasteiger partial charge in [-0.1, -0.05) is 45.9 Å². The molecule has 1 N–H and O–H groups in total. The summed E-state index contributed by atoms with van der Waals surface area (Å²) in [5.41, 5.74) is 3.99. The number of aromatic nitrogens is 1. The summed E-state index contributed by atoms with van der Waals surface area (Å²) >= 11 is 0. The molecule has 0 fully saturated rings. The number of para-hydroxylation sites is 1. The van der Waals surface area contributed by atoms with E-state index in [9.17, 15) is 9.59 Å². The number of carbonyl (C=O) groups excluding carboxylic acids is 2. The van der Waals surface area contributed by atoms with Crippen LogP contribution in [0.15, 0.2) is 59.3 Å². The van der Waals surface area contributed by atoms with E-state index in [1.807, 2.05) is 48.1 Å². The molecule has 0 radical (unpaired) electrons. The van der Waals surface area contributed by atoms with Crippen LogP contribution >= 0.6 is 0 Å². The highest BCUT2D eigenvalue weighted by molar-refractivity contribution is 5.94. The number of nitrogens with one attached hydrogen (secondary N) is 1. The zero-order chi connectivity index (χ0) is 27.7. The summed E-state index contributed by atoms with van der Waals surface area (Å²) in [6, 6.07) is 13.5. The summed E-state index contributed by atoms with van der Waals surface area (Å²) < 4.78 is 12.8. The van der Waals surface area contributed by atoms with Crippen molar-refractivity contribution in [3.8, 4) is 0 Å². The van der Waals surface area contributed by atoms with Gasteiger partial charge in [-0.25, -0.2) is 4.79 Å². The van der Waals surface area contributed by atoms with Crippen LogP contribution in [0, 0.1) is 0 Å². The number of anilines is 1. The average Bonchev–Trinajstić information content (AvgIpc) is 3.54. The SMILES string of the molecule is COCCCN(CC(=O)N(Cc1ccco1)Cc1cccn1C)C(=O)Nc1c(C(C)C)cccc1C(C)C.